The number of nitro groups is 1. The number of nitro benzene ring substituents is 1. The van der Waals surface area contributed by atoms with Crippen LogP contribution in [0.3, 0.4) is 0 Å². The van der Waals surface area contributed by atoms with Crippen molar-refractivity contribution in [2.24, 2.45) is 0 Å². The first-order chi connectivity index (χ1) is 8.06. The fourth-order valence-electron chi connectivity index (χ4n) is 1.27. The molecule has 1 aromatic rings. The monoisotopic (exact) mass is 255 g/mol. The van der Waals surface area contributed by atoms with Crippen LogP contribution < -0.4 is 4.74 Å². The van der Waals surface area contributed by atoms with Gasteiger partial charge in [-0.15, -0.1) is 0 Å². The molecule has 0 atom stereocenters. The van der Waals surface area contributed by atoms with Gasteiger partial charge in [0.2, 0.25) is 0 Å². The van der Waals surface area contributed by atoms with E-state index < -0.39 is 4.92 Å². The van der Waals surface area contributed by atoms with Crippen LogP contribution in [0.15, 0.2) is 18.2 Å². The average Bonchev–Trinajstić information content (AvgIpc) is 2.29. The minimum Gasteiger partial charge on any atom is -0.492 e. The fraction of sp³-hybridized carbons (Fsp3) is 0.364. The van der Waals surface area contributed by atoms with Crippen molar-refractivity contribution in [1.82, 2.24) is 0 Å². The summed E-state index contributed by atoms with van der Waals surface area (Å²) in [4.78, 5) is 21.4. The molecule has 0 aromatic heterocycles. The van der Waals surface area contributed by atoms with Gasteiger partial charge in [-0.25, -0.2) is 0 Å². The van der Waals surface area contributed by atoms with Crippen molar-refractivity contribution in [2.45, 2.75) is 6.92 Å². The van der Waals surface area contributed by atoms with Crippen molar-refractivity contribution in [3.8, 4) is 5.75 Å². The molecule has 0 N–H and O–H groups in total. The van der Waals surface area contributed by atoms with Crippen molar-refractivity contribution in [3.63, 3.8) is 0 Å². The quantitative estimate of drug-likeness (QED) is 0.338. The smallest absolute Gasteiger partial charge is 0.270 e. The third kappa shape index (κ3) is 3.74. The van der Waals surface area contributed by atoms with Crippen molar-refractivity contribution in [1.29, 1.82) is 0 Å². The number of benzene rings is 1. The second kappa shape index (κ2) is 6.24. The predicted octanol–water partition coefficient (Wildman–Crippen LogP) is 2.54. The molecule has 0 spiro atoms. The molecule has 0 aliphatic carbocycles. The van der Waals surface area contributed by atoms with E-state index in [1.165, 1.54) is 25.1 Å². The van der Waals surface area contributed by atoms with Crippen LogP contribution in [-0.4, -0.2) is 29.3 Å². The number of carbonyl (C=O) groups is 1. The van der Waals surface area contributed by atoms with E-state index in [-0.39, 0.29) is 17.0 Å². The van der Waals surface area contributed by atoms with Crippen LogP contribution in [0.1, 0.15) is 17.3 Å². The first kappa shape index (κ1) is 13.5. The second-order valence-corrected chi connectivity index (χ2v) is 4.32. The lowest BCUT2D eigenvalue weighted by molar-refractivity contribution is -0.384. The molecule has 0 saturated carbocycles. The van der Waals surface area contributed by atoms with E-state index in [0.717, 1.165) is 5.75 Å². The van der Waals surface area contributed by atoms with Crippen molar-refractivity contribution >= 4 is 23.2 Å². The Morgan fingerprint density at radius 1 is 1.53 bits per heavy atom. The Labute approximate surface area is 103 Å². The second-order valence-electron chi connectivity index (χ2n) is 3.34. The number of ketones is 1. The molecular weight excluding hydrogens is 242 g/mol. The van der Waals surface area contributed by atoms with Crippen LogP contribution in [0, 0.1) is 10.1 Å². The number of carbonyl (C=O) groups excluding carboxylic acids is 1. The maximum atomic E-state index is 11.4. The van der Waals surface area contributed by atoms with Gasteiger partial charge in [0, 0.05) is 17.9 Å². The van der Waals surface area contributed by atoms with E-state index in [1.807, 2.05) is 6.26 Å². The normalized spacial score (nSPS) is 10.0. The minimum atomic E-state index is -0.530. The molecule has 92 valence electrons. The summed E-state index contributed by atoms with van der Waals surface area (Å²) >= 11 is 1.63. The van der Waals surface area contributed by atoms with E-state index in [1.54, 1.807) is 11.8 Å². The molecule has 0 amide bonds. The zero-order valence-electron chi connectivity index (χ0n) is 9.63. The first-order valence-electron chi connectivity index (χ1n) is 4.97. The first-order valence-corrected chi connectivity index (χ1v) is 6.36. The molecule has 0 saturated heterocycles. The number of nitrogens with zero attached hydrogens (tertiary/aromatic N) is 1. The van der Waals surface area contributed by atoms with Gasteiger partial charge in [-0.05, 0) is 19.2 Å². The zero-order chi connectivity index (χ0) is 12.8. The highest BCUT2D eigenvalue weighted by molar-refractivity contribution is 7.98. The van der Waals surface area contributed by atoms with Crippen LogP contribution in [0.5, 0.6) is 5.75 Å². The molecule has 0 fully saturated rings. The summed E-state index contributed by atoms with van der Waals surface area (Å²) in [5.74, 6) is 0.957. The Morgan fingerprint density at radius 2 is 2.24 bits per heavy atom. The van der Waals surface area contributed by atoms with Gasteiger partial charge in [0.15, 0.2) is 5.78 Å². The number of hydrogen-bond donors (Lipinski definition) is 0. The summed E-state index contributed by atoms with van der Waals surface area (Å²) in [6, 6.07) is 4.05. The highest BCUT2D eigenvalue weighted by atomic mass is 32.2. The maximum absolute atomic E-state index is 11.4. The van der Waals surface area contributed by atoms with Crippen molar-refractivity contribution < 1.29 is 14.5 Å². The third-order valence-corrected chi connectivity index (χ3v) is 2.67. The van der Waals surface area contributed by atoms with Crippen LogP contribution in [0.2, 0.25) is 0 Å². The molecule has 0 unspecified atom stereocenters. The van der Waals surface area contributed by atoms with Gasteiger partial charge >= 0.3 is 0 Å². The SMILES string of the molecule is CSCCOc1ccc([N+](=O)[O-])cc1C(C)=O. The van der Waals surface area contributed by atoms with Gasteiger partial charge in [-0.3, -0.25) is 14.9 Å². The standard InChI is InChI=1S/C11H13NO4S/c1-8(13)10-7-9(12(14)15)3-4-11(10)16-5-6-17-2/h3-4,7H,5-6H2,1-2H3. The van der Waals surface area contributed by atoms with Crippen LogP contribution >= 0.6 is 11.8 Å². The highest BCUT2D eigenvalue weighted by Gasteiger charge is 2.14. The van der Waals surface area contributed by atoms with E-state index in [4.69, 9.17) is 4.74 Å². The summed E-state index contributed by atoms with van der Waals surface area (Å²) in [6.45, 7) is 1.83. The molecule has 0 bridgehead atoms. The van der Waals surface area contributed by atoms with E-state index in [0.29, 0.717) is 12.4 Å². The average molecular weight is 255 g/mol. The van der Waals surface area contributed by atoms with Gasteiger partial charge < -0.3 is 4.74 Å². The van der Waals surface area contributed by atoms with E-state index in [9.17, 15) is 14.9 Å². The number of hydrogen-bond acceptors (Lipinski definition) is 5. The van der Waals surface area contributed by atoms with Gasteiger partial charge in [0.25, 0.3) is 5.69 Å². The number of thioether (sulfide) groups is 1. The van der Waals surface area contributed by atoms with E-state index >= 15 is 0 Å². The molecule has 0 aliphatic heterocycles. The lowest BCUT2D eigenvalue weighted by Crippen LogP contribution is -2.05. The van der Waals surface area contributed by atoms with Crippen LogP contribution in [-0.2, 0) is 0 Å². The Balaban J connectivity index is 2.96. The molecule has 1 rings (SSSR count). The molecule has 1 aromatic carbocycles. The van der Waals surface area contributed by atoms with Gasteiger partial charge in [-0.2, -0.15) is 11.8 Å². The largest absolute Gasteiger partial charge is 0.492 e. The van der Waals surface area contributed by atoms with Crippen LogP contribution in [0.4, 0.5) is 5.69 Å². The molecule has 5 nitrogen and oxygen atoms in total. The molecule has 6 heteroatoms. The Kier molecular flexibility index (Phi) is 4.96. The zero-order valence-corrected chi connectivity index (χ0v) is 10.5. The lowest BCUT2D eigenvalue weighted by Gasteiger charge is -2.08. The number of rotatable bonds is 6. The summed E-state index contributed by atoms with van der Waals surface area (Å²) in [6.07, 6.45) is 1.95. The lowest BCUT2D eigenvalue weighted by atomic mass is 10.1. The molecular formula is C11H13NO4S. The van der Waals surface area contributed by atoms with Gasteiger partial charge in [-0.1, -0.05) is 0 Å². The summed E-state index contributed by atoms with van der Waals surface area (Å²) in [7, 11) is 0. The number of ether oxygens (including phenoxy) is 1. The Morgan fingerprint density at radius 3 is 2.76 bits per heavy atom. The maximum Gasteiger partial charge on any atom is 0.270 e. The molecule has 0 radical (unpaired) electrons. The van der Waals surface area contributed by atoms with E-state index in [2.05, 4.69) is 0 Å². The van der Waals surface area contributed by atoms with Crippen molar-refractivity contribution in [3.05, 3.63) is 33.9 Å². The predicted molar refractivity (Wildman–Crippen MR) is 67.0 cm³/mol. The highest BCUT2D eigenvalue weighted by Crippen LogP contribution is 2.24. The van der Waals surface area contributed by atoms with Gasteiger partial charge in [0.05, 0.1) is 17.1 Å². The summed E-state index contributed by atoms with van der Waals surface area (Å²) in [5.41, 5.74) is 0.146. The minimum absolute atomic E-state index is 0.104. The summed E-state index contributed by atoms with van der Waals surface area (Å²) in [5, 5.41) is 10.6. The molecule has 17 heavy (non-hydrogen) atoms. The third-order valence-electron chi connectivity index (χ3n) is 2.10. The number of Topliss-reactive ketones (excluding diaryl/α,β-unsaturated/α-hetero) is 1. The van der Waals surface area contributed by atoms with Crippen molar-refractivity contribution in [2.75, 3.05) is 18.6 Å². The fourth-order valence-corrected chi connectivity index (χ4v) is 1.52. The molecule has 0 aliphatic rings. The summed E-state index contributed by atoms with van der Waals surface area (Å²) < 4.78 is 5.41. The van der Waals surface area contributed by atoms with Crippen LogP contribution in [0.25, 0.3) is 0 Å². The molecule has 0 heterocycles. The Hall–Kier alpha value is -1.56. The number of non-ortho nitro benzene ring substituents is 1. The topological polar surface area (TPSA) is 69.4 Å². The van der Waals surface area contributed by atoms with Gasteiger partial charge in [0.1, 0.15) is 5.75 Å². The Bertz CT molecular complexity index is 433.